The van der Waals surface area contributed by atoms with Crippen LogP contribution in [0.1, 0.15) is 42.7 Å². The first-order valence-corrected chi connectivity index (χ1v) is 5.57. The number of carbonyl (C=O) groups is 1. The molecule has 0 fully saturated rings. The summed E-state index contributed by atoms with van der Waals surface area (Å²) in [5, 5.41) is 8.87. The van der Waals surface area contributed by atoms with Crippen LogP contribution in [-0.2, 0) is 13.0 Å². The van der Waals surface area contributed by atoms with Crippen molar-refractivity contribution in [3.63, 3.8) is 0 Å². The smallest absolute Gasteiger partial charge is 0.341 e. The van der Waals surface area contributed by atoms with Crippen LogP contribution in [0.2, 0.25) is 0 Å². The predicted molar refractivity (Wildman–Crippen MR) is 61.9 cm³/mol. The van der Waals surface area contributed by atoms with Crippen LogP contribution in [0.4, 0.5) is 0 Å². The maximum absolute atomic E-state index is 11.9. The van der Waals surface area contributed by atoms with E-state index in [0.29, 0.717) is 6.54 Å². The third-order valence-electron chi connectivity index (χ3n) is 2.45. The molecule has 0 aliphatic carbocycles. The lowest BCUT2D eigenvalue weighted by molar-refractivity contribution is 0.0694. The lowest BCUT2D eigenvalue weighted by Crippen LogP contribution is -2.28. The minimum atomic E-state index is -1.15. The molecule has 0 aliphatic rings. The fourth-order valence-corrected chi connectivity index (χ4v) is 1.72. The van der Waals surface area contributed by atoms with Crippen molar-refractivity contribution in [1.29, 1.82) is 0 Å². The molecule has 0 saturated carbocycles. The Labute approximate surface area is 94.5 Å². The van der Waals surface area contributed by atoms with E-state index in [9.17, 15) is 9.59 Å². The highest BCUT2D eigenvalue weighted by molar-refractivity contribution is 5.87. The van der Waals surface area contributed by atoms with Gasteiger partial charge in [-0.05, 0) is 25.0 Å². The molecule has 0 spiro atoms. The molecule has 1 heterocycles. The number of hydrogen-bond donors (Lipinski definition) is 1. The Hall–Kier alpha value is -1.58. The third kappa shape index (κ3) is 2.51. The van der Waals surface area contributed by atoms with Crippen molar-refractivity contribution in [3.8, 4) is 0 Å². The molecular formula is C12H17NO3. The van der Waals surface area contributed by atoms with Gasteiger partial charge in [-0.2, -0.15) is 0 Å². The zero-order valence-corrected chi connectivity index (χ0v) is 9.69. The van der Waals surface area contributed by atoms with E-state index in [1.165, 1.54) is 6.07 Å². The molecule has 1 rings (SSSR count). The fourth-order valence-electron chi connectivity index (χ4n) is 1.72. The molecule has 4 heteroatoms. The van der Waals surface area contributed by atoms with E-state index in [1.54, 1.807) is 10.6 Å². The Kier molecular flexibility index (Phi) is 4.28. The number of nitrogens with zero attached hydrogens (tertiary/aromatic N) is 1. The summed E-state index contributed by atoms with van der Waals surface area (Å²) in [4.78, 5) is 22.7. The normalized spacial score (nSPS) is 10.4. The van der Waals surface area contributed by atoms with E-state index in [4.69, 9.17) is 5.11 Å². The summed E-state index contributed by atoms with van der Waals surface area (Å²) >= 11 is 0. The van der Waals surface area contributed by atoms with Crippen LogP contribution >= 0.6 is 0 Å². The Bertz CT molecular complexity index is 434. The Morgan fingerprint density at radius 3 is 2.50 bits per heavy atom. The summed E-state index contributed by atoms with van der Waals surface area (Å²) in [6.07, 6.45) is 2.56. The molecule has 1 N–H and O–H groups in total. The maximum atomic E-state index is 11.9. The minimum Gasteiger partial charge on any atom is -0.477 e. The quantitative estimate of drug-likeness (QED) is 0.829. The van der Waals surface area contributed by atoms with Gasteiger partial charge in [0.15, 0.2) is 0 Å². The molecule has 16 heavy (non-hydrogen) atoms. The number of pyridine rings is 1. The summed E-state index contributed by atoms with van der Waals surface area (Å²) < 4.78 is 1.58. The van der Waals surface area contributed by atoms with Gasteiger partial charge in [0.25, 0.3) is 5.56 Å². The zero-order chi connectivity index (χ0) is 12.1. The van der Waals surface area contributed by atoms with Crippen LogP contribution in [0.15, 0.2) is 16.9 Å². The number of carboxylic acids is 1. The molecule has 88 valence electrons. The topological polar surface area (TPSA) is 59.3 Å². The van der Waals surface area contributed by atoms with Crippen LogP contribution in [-0.4, -0.2) is 15.6 Å². The highest BCUT2D eigenvalue weighted by Gasteiger charge is 2.12. The second-order valence-corrected chi connectivity index (χ2v) is 3.75. The lowest BCUT2D eigenvalue weighted by atomic mass is 10.1. The first-order chi connectivity index (χ1) is 7.61. The summed E-state index contributed by atoms with van der Waals surface area (Å²) in [7, 11) is 0. The molecule has 0 aliphatic heterocycles. The van der Waals surface area contributed by atoms with Crippen LogP contribution in [0.5, 0.6) is 0 Å². The molecule has 1 aromatic rings. The maximum Gasteiger partial charge on any atom is 0.341 e. The van der Waals surface area contributed by atoms with Gasteiger partial charge >= 0.3 is 5.97 Å². The molecular weight excluding hydrogens is 206 g/mol. The Morgan fingerprint density at radius 1 is 1.31 bits per heavy atom. The summed E-state index contributed by atoms with van der Waals surface area (Å²) in [6, 6.07) is 3.14. The van der Waals surface area contributed by atoms with Crippen molar-refractivity contribution in [1.82, 2.24) is 4.57 Å². The van der Waals surface area contributed by atoms with Gasteiger partial charge in [-0.15, -0.1) is 0 Å². The highest BCUT2D eigenvalue weighted by Crippen LogP contribution is 2.04. The summed E-state index contributed by atoms with van der Waals surface area (Å²) in [5.74, 6) is -1.15. The molecule has 1 aromatic heterocycles. The fraction of sp³-hybridized carbons (Fsp3) is 0.500. The van der Waals surface area contributed by atoms with Crippen molar-refractivity contribution >= 4 is 5.97 Å². The molecule has 0 amide bonds. The average Bonchev–Trinajstić information content (AvgIpc) is 2.23. The van der Waals surface area contributed by atoms with Crippen LogP contribution < -0.4 is 5.56 Å². The molecule has 0 saturated heterocycles. The number of carboxylic acid groups (broad SMARTS) is 1. The molecule has 0 radical (unpaired) electrons. The third-order valence-corrected chi connectivity index (χ3v) is 2.45. The first-order valence-electron chi connectivity index (χ1n) is 5.57. The van der Waals surface area contributed by atoms with Crippen molar-refractivity contribution < 1.29 is 9.90 Å². The van der Waals surface area contributed by atoms with Crippen LogP contribution in [0.25, 0.3) is 0 Å². The van der Waals surface area contributed by atoms with Gasteiger partial charge in [-0.25, -0.2) is 4.79 Å². The molecule has 0 bridgehead atoms. The number of rotatable bonds is 5. The standard InChI is InChI=1S/C12H17NO3/c1-3-5-9-6-7-10(12(15)16)11(14)13(9)8-4-2/h6-7H,3-5,8H2,1-2H3,(H,15,16). The summed E-state index contributed by atoms with van der Waals surface area (Å²) in [6.45, 7) is 4.58. The van der Waals surface area contributed by atoms with Gasteiger partial charge in [0, 0.05) is 12.2 Å². The molecule has 0 unspecified atom stereocenters. The minimum absolute atomic E-state index is 0.145. The zero-order valence-electron chi connectivity index (χ0n) is 9.69. The van der Waals surface area contributed by atoms with Crippen LogP contribution in [0.3, 0.4) is 0 Å². The van der Waals surface area contributed by atoms with Gasteiger partial charge < -0.3 is 9.67 Å². The molecule has 0 atom stereocenters. The van der Waals surface area contributed by atoms with Gasteiger partial charge in [-0.3, -0.25) is 4.79 Å². The Morgan fingerprint density at radius 2 is 2.00 bits per heavy atom. The second-order valence-electron chi connectivity index (χ2n) is 3.75. The van der Waals surface area contributed by atoms with E-state index in [0.717, 1.165) is 25.0 Å². The van der Waals surface area contributed by atoms with Gasteiger partial charge in [0.2, 0.25) is 0 Å². The van der Waals surface area contributed by atoms with E-state index < -0.39 is 5.97 Å². The number of aryl methyl sites for hydroxylation is 1. The van der Waals surface area contributed by atoms with Crippen LogP contribution in [0, 0.1) is 0 Å². The van der Waals surface area contributed by atoms with E-state index in [2.05, 4.69) is 0 Å². The Balaban J connectivity index is 3.29. The van der Waals surface area contributed by atoms with E-state index >= 15 is 0 Å². The van der Waals surface area contributed by atoms with E-state index in [-0.39, 0.29) is 11.1 Å². The molecule has 4 nitrogen and oxygen atoms in total. The summed E-state index contributed by atoms with van der Waals surface area (Å²) in [5.41, 5.74) is 0.382. The van der Waals surface area contributed by atoms with Gasteiger partial charge in [0.1, 0.15) is 5.56 Å². The van der Waals surface area contributed by atoms with Crippen molar-refractivity contribution in [2.45, 2.75) is 39.7 Å². The SMILES string of the molecule is CCCc1ccc(C(=O)O)c(=O)n1CCC. The number of hydrogen-bond acceptors (Lipinski definition) is 2. The number of aromatic nitrogens is 1. The van der Waals surface area contributed by atoms with Gasteiger partial charge in [-0.1, -0.05) is 20.3 Å². The van der Waals surface area contributed by atoms with E-state index in [1.807, 2.05) is 13.8 Å². The molecule has 0 aromatic carbocycles. The second kappa shape index (κ2) is 5.49. The average molecular weight is 223 g/mol. The van der Waals surface area contributed by atoms with Crippen molar-refractivity contribution in [3.05, 3.63) is 33.7 Å². The van der Waals surface area contributed by atoms with Crippen molar-refractivity contribution in [2.24, 2.45) is 0 Å². The number of aromatic carboxylic acids is 1. The van der Waals surface area contributed by atoms with Gasteiger partial charge in [0.05, 0.1) is 0 Å². The van der Waals surface area contributed by atoms with Crippen molar-refractivity contribution in [2.75, 3.05) is 0 Å². The predicted octanol–water partition coefficient (Wildman–Crippen LogP) is 1.91. The highest BCUT2D eigenvalue weighted by atomic mass is 16.4. The largest absolute Gasteiger partial charge is 0.477 e. The lowest BCUT2D eigenvalue weighted by Gasteiger charge is -2.11. The monoisotopic (exact) mass is 223 g/mol. The first kappa shape index (κ1) is 12.5.